The van der Waals surface area contributed by atoms with Gasteiger partial charge in [-0.1, -0.05) is 19.9 Å². The monoisotopic (exact) mass is 376 g/mol. The number of sulfonamides is 1. The van der Waals surface area contributed by atoms with Crippen molar-refractivity contribution in [3.8, 4) is 0 Å². The molecule has 0 atom stereocenters. The van der Waals surface area contributed by atoms with Crippen molar-refractivity contribution in [3.63, 3.8) is 0 Å². The van der Waals surface area contributed by atoms with Gasteiger partial charge >= 0.3 is 0 Å². The van der Waals surface area contributed by atoms with Crippen molar-refractivity contribution in [3.05, 3.63) is 27.7 Å². The number of aryl methyl sites for hydroxylation is 1. The largest absolute Gasteiger partial charge is 0.326 e. The molecule has 1 aromatic carbocycles. The van der Waals surface area contributed by atoms with Gasteiger partial charge in [0.2, 0.25) is 10.0 Å². The standard InChI is InChI=1S/C15H25BrN2O2S/c1-10(2)9-18(11(3)4)21(19,20)14-7-13(8-17)6-12(5)15(14)16/h6-7,10-11H,8-9,17H2,1-5H3. The zero-order valence-corrected chi connectivity index (χ0v) is 15.8. The number of nitrogens with two attached hydrogens (primary N) is 1. The minimum absolute atomic E-state index is 0.0915. The maximum Gasteiger partial charge on any atom is 0.244 e. The molecule has 0 saturated carbocycles. The van der Waals surface area contributed by atoms with E-state index in [0.717, 1.165) is 11.1 Å². The molecule has 0 saturated heterocycles. The molecule has 0 bridgehead atoms. The third-order valence-electron chi connectivity index (χ3n) is 3.22. The van der Waals surface area contributed by atoms with Crippen LogP contribution in [0.5, 0.6) is 0 Å². The Bertz CT molecular complexity index is 598. The molecule has 1 aromatic rings. The number of nitrogens with zero attached hydrogens (tertiary/aromatic N) is 1. The molecule has 0 amide bonds. The molecule has 0 aliphatic carbocycles. The molecule has 0 spiro atoms. The molecule has 120 valence electrons. The van der Waals surface area contributed by atoms with Gasteiger partial charge in [-0.3, -0.25) is 0 Å². The van der Waals surface area contributed by atoms with Crippen molar-refractivity contribution in [2.45, 2.75) is 52.1 Å². The summed E-state index contributed by atoms with van der Waals surface area (Å²) >= 11 is 3.42. The first-order valence-electron chi connectivity index (χ1n) is 7.12. The fraction of sp³-hybridized carbons (Fsp3) is 0.600. The first kappa shape index (κ1) is 18.6. The highest BCUT2D eigenvalue weighted by Gasteiger charge is 2.30. The molecule has 0 aliphatic heterocycles. The van der Waals surface area contributed by atoms with Gasteiger partial charge in [0.15, 0.2) is 0 Å². The molecule has 0 heterocycles. The van der Waals surface area contributed by atoms with E-state index in [1.165, 1.54) is 0 Å². The third-order valence-corrected chi connectivity index (χ3v) is 6.61. The van der Waals surface area contributed by atoms with Crippen LogP contribution in [0.3, 0.4) is 0 Å². The zero-order chi connectivity index (χ0) is 16.4. The Morgan fingerprint density at radius 1 is 1.24 bits per heavy atom. The summed E-state index contributed by atoms with van der Waals surface area (Å²) in [6, 6.07) is 3.49. The summed E-state index contributed by atoms with van der Waals surface area (Å²) in [5.74, 6) is 0.264. The number of halogens is 1. The van der Waals surface area contributed by atoms with Crippen LogP contribution in [0.25, 0.3) is 0 Å². The number of rotatable bonds is 6. The molecular weight excluding hydrogens is 352 g/mol. The lowest BCUT2D eigenvalue weighted by Crippen LogP contribution is -2.39. The second kappa shape index (κ2) is 7.22. The van der Waals surface area contributed by atoms with Gasteiger partial charge in [0, 0.05) is 23.6 Å². The predicted octanol–water partition coefficient (Wildman–Crippen LogP) is 3.27. The van der Waals surface area contributed by atoms with Crippen LogP contribution in [0.4, 0.5) is 0 Å². The second-order valence-electron chi connectivity index (χ2n) is 5.99. The first-order valence-corrected chi connectivity index (χ1v) is 9.35. The van der Waals surface area contributed by atoms with Crippen LogP contribution in [-0.2, 0) is 16.6 Å². The Morgan fingerprint density at radius 3 is 2.24 bits per heavy atom. The summed E-state index contributed by atoms with van der Waals surface area (Å²) < 4.78 is 28.2. The zero-order valence-electron chi connectivity index (χ0n) is 13.4. The van der Waals surface area contributed by atoms with Gasteiger partial charge in [-0.05, 0) is 59.8 Å². The van der Waals surface area contributed by atoms with Gasteiger partial charge < -0.3 is 5.73 Å². The van der Waals surface area contributed by atoms with Crippen molar-refractivity contribution in [2.75, 3.05) is 6.54 Å². The molecule has 6 heteroatoms. The summed E-state index contributed by atoms with van der Waals surface area (Å²) in [5, 5.41) is 0. The van der Waals surface area contributed by atoms with E-state index in [1.807, 2.05) is 40.7 Å². The van der Waals surface area contributed by atoms with E-state index in [0.29, 0.717) is 22.5 Å². The van der Waals surface area contributed by atoms with Crippen molar-refractivity contribution >= 4 is 26.0 Å². The molecule has 4 nitrogen and oxygen atoms in total. The maximum absolute atomic E-state index is 13.0. The number of hydrogen-bond donors (Lipinski definition) is 1. The maximum atomic E-state index is 13.0. The molecule has 0 fully saturated rings. The lowest BCUT2D eigenvalue weighted by molar-refractivity contribution is 0.318. The van der Waals surface area contributed by atoms with Crippen LogP contribution >= 0.6 is 15.9 Å². The average molecular weight is 377 g/mol. The molecule has 0 radical (unpaired) electrons. The SMILES string of the molecule is Cc1cc(CN)cc(S(=O)(=O)N(CC(C)C)C(C)C)c1Br. The van der Waals surface area contributed by atoms with E-state index in [9.17, 15) is 8.42 Å². The Labute approximate surface area is 136 Å². The van der Waals surface area contributed by atoms with E-state index in [2.05, 4.69) is 15.9 Å². The fourth-order valence-electron chi connectivity index (χ4n) is 2.19. The minimum Gasteiger partial charge on any atom is -0.326 e. The van der Waals surface area contributed by atoms with Crippen LogP contribution < -0.4 is 5.73 Å². The van der Waals surface area contributed by atoms with E-state index in [1.54, 1.807) is 10.4 Å². The molecule has 0 aromatic heterocycles. The van der Waals surface area contributed by atoms with E-state index in [-0.39, 0.29) is 12.0 Å². The van der Waals surface area contributed by atoms with Gasteiger partial charge in [0.05, 0.1) is 4.90 Å². The molecule has 2 N–H and O–H groups in total. The van der Waals surface area contributed by atoms with Gasteiger partial charge in [0.25, 0.3) is 0 Å². The minimum atomic E-state index is -3.55. The Morgan fingerprint density at radius 2 is 1.81 bits per heavy atom. The highest BCUT2D eigenvalue weighted by molar-refractivity contribution is 9.10. The number of benzene rings is 1. The molecule has 0 unspecified atom stereocenters. The van der Waals surface area contributed by atoms with Crippen LogP contribution in [0.1, 0.15) is 38.8 Å². The Hall–Kier alpha value is -0.430. The van der Waals surface area contributed by atoms with E-state index in [4.69, 9.17) is 5.73 Å². The highest BCUT2D eigenvalue weighted by atomic mass is 79.9. The quantitative estimate of drug-likeness (QED) is 0.828. The van der Waals surface area contributed by atoms with Gasteiger partial charge in [-0.15, -0.1) is 0 Å². The van der Waals surface area contributed by atoms with E-state index < -0.39 is 10.0 Å². The van der Waals surface area contributed by atoms with Crippen LogP contribution in [0.15, 0.2) is 21.5 Å². The predicted molar refractivity (Wildman–Crippen MR) is 90.6 cm³/mol. The summed E-state index contributed by atoms with van der Waals surface area (Å²) in [4.78, 5) is 0.303. The van der Waals surface area contributed by atoms with Crippen molar-refractivity contribution in [2.24, 2.45) is 11.7 Å². The topological polar surface area (TPSA) is 63.4 Å². The van der Waals surface area contributed by atoms with Crippen molar-refractivity contribution in [1.29, 1.82) is 0 Å². The lowest BCUT2D eigenvalue weighted by Gasteiger charge is -2.28. The van der Waals surface area contributed by atoms with Gasteiger partial charge in [-0.2, -0.15) is 4.31 Å². The Kier molecular flexibility index (Phi) is 6.40. The van der Waals surface area contributed by atoms with Gasteiger partial charge in [-0.25, -0.2) is 8.42 Å². The first-order chi connectivity index (χ1) is 9.61. The fourth-order valence-corrected chi connectivity index (χ4v) is 5.02. The molecule has 0 aliphatic rings. The van der Waals surface area contributed by atoms with Crippen molar-refractivity contribution < 1.29 is 8.42 Å². The Balaban J connectivity index is 3.44. The molecule has 1 rings (SSSR count). The van der Waals surface area contributed by atoms with Crippen LogP contribution in [0, 0.1) is 12.8 Å². The van der Waals surface area contributed by atoms with Gasteiger partial charge in [0.1, 0.15) is 0 Å². The lowest BCUT2D eigenvalue weighted by atomic mass is 10.1. The second-order valence-corrected chi connectivity index (χ2v) is 8.64. The highest BCUT2D eigenvalue weighted by Crippen LogP contribution is 2.30. The van der Waals surface area contributed by atoms with Crippen LogP contribution in [-0.4, -0.2) is 25.3 Å². The molecule has 21 heavy (non-hydrogen) atoms. The summed E-state index contributed by atoms with van der Waals surface area (Å²) in [7, 11) is -3.55. The number of hydrogen-bond acceptors (Lipinski definition) is 3. The summed E-state index contributed by atoms with van der Waals surface area (Å²) in [5.41, 5.74) is 7.38. The van der Waals surface area contributed by atoms with E-state index >= 15 is 0 Å². The molecular formula is C15H25BrN2O2S. The van der Waals surface area contributed by atoms with Crippen molar-refractivity contribution in [1.82, 2.24) is 4.31 Å². The third kappa shape index (κ3) is 4.28. The summed E-state index contributed by atoms with van der Waals surface area (Å²) in [6.45, 7) is 10.5. The average Bonchev–Trinajstić information content (AvgIpc) is 2.38. The summed E-state index contributed by atoms with van der Waals surface area (Å²) in [6.07, 6.45) is 0. The smallest absolute Gasteiger partial charge is 0.244 e. The van der Waals surface area contributed by atoms with Crippen LogP contribution in [0.2, 0.25) is 0 Å². The normalized spacial score (nSPS) is 12.7.